The molecule has 1 aliphatic carbocycles. The van der Waals surface area contributed by atoms with Crippen molar-refractivity contribution in [1.82, 2.24) is 0 Å². The molecule has 1 fully saturated rings. The lowest BCUT2D eigenvalue weighted by Gasteiger charge is -2.29. The Balaban J connectivity index is 2.16. The first-order valence-electron chi connectivity index (χ1n) is 11.7. The van der Waals surface area contributed by atoms with Gasteiger partial charge in [0.15, 0.2) is 0 Å². The van der Waals surface area contributed by atoms with Gasteiger partial charge in [0.05, 0.1) is 12.0 Å². The zero-order valence-electron chi connectivity index (χ0n) is 20.6. The molecular formula is C26H37O5Si. The van der Waals surface area contributed by atoms with E-state index in [4.69, 9.17) is 9.16 Å². The maximum absolute atomic E-state index is 13.1. The number of aliphatic carboxylic acids is 1. The number of esters is 1. The second kappa shape index (κ2) is 9.52. The van der Waals surface area contributed by atoms with Crippen LogP contribution in [0.15, 0.2) is 11.6 Å². The van der Waals surface area contributed by atoms with Gasteiger partial charge < -0.3 is 14.3 Å². The first-order valence-corrected chi connectivity index (χ1v) is 14.1. The summed E-state index contributed by atoms with van der Waals surface area (Å²) in [5.41, 5.74) is 7.19. The molecule has 2 aliphatic rings. The summed E-state index contributed by atoms with van der Waals surface area (Å²) in [5.74, 6) is -0.895. The van der Waals surface area contributed by atoms with Crippen molar-refractivity contribution in [3.05, 3.63) is 45.0 Å². The number of carbonyl (C=O) groups excluding carboxylic acids is 1. The fourth-order valence-corrected chi connectivity index (χ4v) is 6.05. The lowest BCUT2D eigenvalue weighted by molar-refractivity contribution is -0.137. The van der Waals surface area contributed by atoms with E-state index in [1.165, 1.54) is 16.7 Å². The molecule has 5 nitrogen and oxygen atoms in total. The highest BCUT2D eigenvalue weighted by Gasteiger charge is 2.41. The Labute approximate surface area is 193 Å². The number of benzene rings is 1. The predicted molar refractivity (Wildman–Crippen MR) is 127 cm³/mol. The molecule has 2 unspecified atom stereocenters. The summed E-state index contributed by atoms with van der Waals surface area (Å²) in [6.45, 7) is 14.8. The van der Waals surface area contributed by atoms with E-state index in [1.54, 1.807) is 0 Å². The molecule has 1 aliphatic heterocycles. The maximum Gasteiger partial charge on any atom is 0.341 e. The van der Waals surface area contributed by atoms with Gasteiger partial charge in [0.1, 0.15) is 0 Å². The zero-order chi connectivity index (χ0) is 23.8. The van der Waals surface area contributed by atoms with E-state index in [-0.39, 0.29) is 23.7 Å². The van der Waals surface area contributed by atoms with Crippen LogP contribution in [0, 0.1) is 12.8 Å². The van der Waals surface area contributed by atoms with E-state index in [9.17, 15) is 14.7 Å². The average Bonchev–Trinajstić information content (AvgIpc) is 3.22. The zero-order valence-corrected chi connectivity index (χ0v) is 21.6. The Hall–Kier alpha value is -1.92. The normalized spacial score (nSPS) is 22.0. The molecule has 175 valence electrons. The van der Waals surface area contributed by atoms with Crippen molar-refractivity contribution >= 4 is 21.0 Å². The summed E-state index contributed by atoms with van der Waals surface area (Å²) >= 11 is 0. The first kappa shape index (κ1) is 24.7. The third-order valence-electron chi connectivity index (χ3n) is 6.67. The van der Waals surface area contributed by atoms with Crippen molar-refractivity contribution in [1.29, 1.82) is 0 Å². The molecule has 0 saturated heterocycles. The summed E-state index contributed by atoms with van der Waals surface area (Å²) in [6, 6.07) is 0. The molecule has 2 atom stereocenters. The van der Waals surface area contributed by atoms with Crippen molar-refractivity contribution in [3.63, 3.8) is 0 Å². The number of fused-ring (bicyclic) bond motifs is 1. The number of rotatable bonds is 7. The minimum absolute atomic E-state index is 0.128. The van der Waals surface area contributed by atoms with Crippen molar-refractivity contribution < 1.29 is 23.9 Å². The van der Waals surface area contributed by atoms with Crippen LogP contribution in [-0.2, 0) is 32.2 Å². The molecule has 1 aromatic rings. The van der Waals surface area contributed by atoms with Gasteiger partial charge in [0.25, 0.3) is 0 Å². The monoisotopic (exact) mass is 457 g/mol. The minimum atomic E-state index is -1.05. The molecule has 1 aromatic carbocycles. The van der Waals surface area contributed by atoms with Crippen LogP contribution < -0.4 is 0 Å². The lowest BCUT2D eigenvalue weighted by Crippen LogP contribution is -2.22. The molecule has 0 bridgehead atoms. The summed E-state index contributed by atoms with van der Waals surface area (Å²) < 4.78 is 11.8. The van der Waals surface area contributed by atoms with Gasteiger partial charge in [-0.1, -0.05) is 39.3 Å². The fourth-order valence-electron chi connectivity index (χ4n) is 5.45. The highest BCUT2D eigenvalue weighted by molar-refractivity contribution is 6.48. The predicted octanol–water partition coefficient (Wildman–Crippen LogP) is 6.04. The van der Waals surface area contributed by atoms with E-state index >= 15 is 0 Å². The lowest BCUT2D eigenvalue weighted by atomic mass is 9.74. The van der Waals surface area contributed by atoms with Crippen LogP contribution in [0.5, 0.6) is 0 Å². The van der Waals surface area contributed by atoms with E-state index in [2.05, 4.69) is 40.7 Å². The van der Waals surface area contributed by atoms with Gasteiger partial charge in [0, 0.05) is 5.56 Å². The minimum Gasteiger partial charge on any atom is -0.481 e. The van der Waals surface area contributed by atoms with Gasteiger partial charge in [-0.2, -0.15) is 0 Å². The van der Waals surface area contributed by atoms with Crippen LogP contribution in [-0.4, -0.2) is 26.1 Å². The smallest absolute Gasteiger partial charge is 0.341 e. The number of allylic oxidation sites excluding steroid dienone is 2. The summed E-state index contributed by atoms with van der Waals surface area (Å²) in [5, 5.41) is 9.28. The number of hydrogen-bond donors (Lipinski definition) is 1. The second-order valence-electron chi connectivity index (χ2n) is 10.3. The molecular weight excluding hydrogens is 420 g/mol. The number of cyclic esters (lactones) is 1. The molecule has 0 amide bonds. The van der Waals surface area contributed by atoms with Crippen LogP contribution in [0.2, 0.25) is 13.1 Å². The maximum atomic E-state index is 13.1. The number of carboxylic acid groups (broad SMARTS) is 1. The summed E-state index contributed by atoms with van der Waals surface area (Å²) in [6.07, 6.45) is 6.34. The van der Waals surface area contributed by atoms with E-state index in [1.807, 2.05) is 13.1 Å². The van der Waals surface area contributed by atoms with Gasteiger partial charge in [-0.05, 0) is 85.7 Å². The third-order valence-corrected chi connectivity index (χ3v) is 7.36. The van der Waals surface area contributed by atoms with Crippen LogP contribution in [0.25, 0.3) is 0 Å². The quantitative estimate of drug-likeness (QED) is 0.307. The summed E-state index contributed by atoms with van der Waals surface area (Å²) in [4.78, 5) is 24.4. The topological polar surface area (TPSA) is 72.8 Å². The van der Waals surface area contributed by atoms with Crippen LogP contribution >= 0.6 is 0 Å². The third kappa shape index (κ3) is 4.86. The Morgan fingerprint density at radius 3 is 2.53 bits per heavy atom. The Morgan fingerprint density at radius 1 is 1.28 bits per heavy atom. The number of carbonyl (C=O) groups is 2. The standard InChI is InChI=1S/C26H37O5Si/c1-8-18-15(2)21-22(24(29)30-25(21)31-32(6)7)23(26(3,4)5)19(18)13-12-16-10-9-11-17(16)14-20(27)28/h12,17,25H,8-11,13-14H2,1-7H3,(H,27,28). The number of hydrogen-bond acceptors (Lipinski definition) is 4. The van der Waals surface area contributed by atoms with Crippen molar-refractivity contribution in [2.75, 3.05) is 0 Å². The number of carboxylic acids is 1. The van der Waals surface area contributed by atoms with Crippen LogP contribution in [0.1, 0.15) is 97.8 Å². The Bertz CT molecular complexity index is 939. The van der Waals surface area contributed by atoms with Crippen LogP contribution in [0.4, 0.5) is 0 Å². The highest BCUT2D eigenvalue weighted by atomic mass is 28.3. The molecule has 1 N–H and O–H groups in total. The van der Waals surface area contributed by atoms with Gasteiger partial charge in [-0.15, -0.1) is 0 Å². The summed E-state index contributed by atoms with van der Waals surface area (Å²) in [7, 11) is -1.05. The molecule has 0 spiro atoms. The SMILES string of the molecule is CCc1c(C)c2c(c(C(C)(C)C)c1CC=C1CCCC1CC(=O)O)C(=O)OC2O[Si](C)C. The molecule has 1 saturated carbocycles. The second-order valence-corrected chi connectivity index (χ2v) is 12.3. The number of ether oxygens (including phenoxy) is 1. The van der Waals surface area contributed by atoms with Crippen molar-refractivity contribution in [2.45, 2.75) is 97.9 Å². The molecule has 32 heavy (non-hydrogen) atoms. The van der Waals surface area contributed by atoms with Crippen molar-refractivity contribution in [3.8, 4) is 0 Å². The van der Waals surface area contributed by atoms with E-state index < -0.39 is 21.3 Å². The first-order chi connectivity index (χ1) is 15.0. The largest absolute Gasteiger partial charge is 0.481 e. The van der Waals surface area contributed by atoms with Gasteiger partial charge in [-0.3, -0.25) is 4.79 Å². The van der Waals surface area contributed by atoms with Gasteiger partial charge in [-0.25, -0.2) is 4.79 Å². The van der Waals surface area contributed by atoms with Crippen LogP contribution in [0.3, 0.4) is 0 Å². The van der Waals surface area contributed by atoms with Gasteiger partial charge in [0.2, 0.25) is 15.3 Å². The van der Waals surface area contributed by atoms with Gasteiger partial charge >= 0.3 is 11.9 Å². The molecule has 1 heterocycles. The Morgan fingerprint density at radius 2 is 1.97 bits per heavy atom. The van der Waals surface area contributed by atoms with Crippen molar-refractivity contribution in [2.24, 2.45) is 5.92 Å². The average molecular weight is 458 g/mol. The van der Waals surface area contributed by atoms with E-state index in [0.29, 0.717) is 12.0 Å². The molecule has 1 radical (unpaired) electrons. The molecule has 0 aromatic heterocycles. The fraction of sp³-hybridized carbons (Fsp3) is 0.615. The highest BCUT2D eigenvalue weighted by Crippen LogP contribution is 2.45. The van der Waals surface area contributed by atoms with E-state index in [0.717, 1.165) is 42.4 Å². The molecule has 3 rings (SSSR count). The molecule has 6 heteroatoms. The Kier molecular flexibility index (Phi) is 7.35.